The Balaban J connectivity index is 1.53. The van der Waals surface area contributed by atoms with Gasteiger partial charge in [-0.25, -0.2) is 4.79 Å². The van der Waals surface area contributed by atoms with E-state index < -0.39 is 17.1 Å². The number of ether oxygens (including phenoxy) is 1. The molecule has 0 aliphatic carbocycles. The third-order valence-electron chi connectivity index (χ3n) is 4.64. The summed E-state index contributed by atoms with van der Waals surface area (Å²) in [7, 11) is 0. The first-order valence-corrected chi connectivity index (χ1v) is 9.90. The minimum atomic E-state index is -0.493. The van der Waals surface area contributed by atoms with E-state index in [1.807, 2.05) is 36.4 Å². The minimum Gasteiger partial charge on any atom is -0.421 e. The van der Waals surface area contributed by atoms with Gasteiger partial charge < -0.3 is 14.7 Å². The Morgan fingerprint density at radius 3 is 2.19 bits per heavy atom. The van der Waals surface area contributed by atoms with Crippen LogP contribution < -0.4 is 26.6 Å². The highest BCUT2D eigenvalue weighted by Gasteiger charge is 2.07. The molecule has 0 amide bonds. The lowest BCUT2D eigenvalue weighted by molar-refractivity contribution is 0.0734. The van der Waals surface area contributed by atoms with Crippen molar-refractivity contribution in [2.45, 2.75) is 6.42 Å². The Labute approximate surface area is 182 Å². The standard InChI is InChI=1S/C25H19N3O4/c29-23-21(14-11-17-7-3-1-4-8-17)27-24(30)22(28-23)15-19-12-13-20(16-26-19)32-25(31)18-9-5-2-6-10-18/h1-10,12-16H,11H2,(H,27,30)(H,28,29)/b21-14-,22-15+. The summed E-state index contributed by atoms with van der Waals surface area (Å²) < 4.78 is 5.28. The molecule has 0 spiro atoms. The van der Waals surface area contributed by atoms with Crippen LogP contribution in [0, 0.1) is 0 Å². The number of aromatic amines is 2. The van der Waals surface area contributed by atoms with Crippen molar-refractivity contribution >= 4 is 18.1 Å². The molecule has 4 aromatic rings. The van der Waals surface area contributed by atoms with Gasteiger partial charge in [0.25, 0.3) is 11.1 Å². The number of rotatable bonds is 5. The molecule has 0 saturated heterocycles. The van der Waals surface area contributed by atoms with Crippen molar-refractivity contribution < 1.29 is 9.53 Å². The summed E-state index contributed by atoms with van der Waals surface area (Å²) in [4.78, 5) is 46.2. The average molecular weight is 425 g/mol. The molecular weight excluding hydrogens is 406 g/mol. The molecule has 2 aromatic carbocycles. The third kappa shape index (κ3) is 5.14. The molecule has 32 heavy (non-hydrogen) atoms. The Bertz CT molecular complexity index is 1460. The normalized spacial score (nSPS) is 12.0. The smallest absolute Gasteiger partial charge is 0.343 e. The first-order chi connectivity index (χ1) is 15.6. The fraction of sp³-hybridized carbons (Fsp3) is 0.0400. The Morgan fingerprint density at radius 1 is 0.844 bits per heavy atom. The summed E-state index contributed by atoms with van der Waals surface area (Å²) in [5, 5.41) is 0.278. The molecule has 0 radical (unpaired) electrons. The molecule has 158 valence electrons. The van der Waals surface area contributed by atoms with E-state index in [2.05, 4.69) is 15.0 Å². The fourth-order valence-electron chi connectivity index (χ4n) is 3.00. The summed E-state index contributed by atoms with van der Waals surface area (Å²) in [6.45, 7) is 0. The highest BCUT2D eigenvalue weighted by Crippen LogP contribution is 2.12. The summed E-state index contributed by atoms with van der Waals surface area (Å²) >= 11 is 0. The maximum atomic E-state index is 12.4. The van der Waals surface area contributed by atoms with Crippen molar-refractivity contribution in [1.82, 2.24) is 15.0 Å². The van der Waals surface area contributed by atoms with Crippen LogP contribution in [0.4, 0.5) is 0 Å². The van der Waals surface area contributed by atoms with Gasteiger partial charge in [-0.1, -0.05) is 54.6 Å². The van der Waals surface area contributed by atoms with Crippen LogP contribution >= 0.6 is 0 Å². The second-order valence-electron chi connectivity index (χ2n) is 6.95. The number of hydrogen-bond acceptors (Lipinski definition) is 5. The molecule has 0 aliphatic rings. The van der Waals surface area contributed by atoms with Crippen molar-refractivity contribution in [2.75, 3.05) is 0 Å². The van der Waals surface area contributed by atoms with Crippen LogP contribution in [0.1, 0.15) is 21.6 Å². The van der Waals surface area contributed by atoms with Crippen LogP contribution in [0.3, 0.4) is 0 Å². The maximum Gasteiger partial charge on any atom is 0.343 e. The quantitative estimate of drug-likeness (QED) is 0.472. The number of pyridine rings is 1. The van der Waals surface area contributed by atoms with Crippen LogP contribution in [0.5, 0.6) is 5.75 Å². The SMILES string of the molecule is O=C(Oc1ccc(/C=c2/[nH]c(=O)/c(=C/Cc3ccccc3)[nH]c2=O)nc1)c1ccccc1. The van der Waals surface area contributed by atoms with Crippen molar-refractivity contribution in [3.63, 3.8) is 0 Å². The van der Waals surface area contributed by atoms with Crippen molar-refractivity contribution in [3.05, 3.63) is 127 Å². The van der Waals surface area contributed by atoms with Gasteiger partial charge >= 0.3 is 5.97 Å². The number of H-pyrrole nitrogens is 2. The molecule has 0 unspecified atom stereocenters. The van der Waals surface area contributed by atoms with Gasteiger partial charge in [0.1, 0.15) is 16.4 Å². The zero-order valence-corrected chi connectivity index (χ0v) is 16.9. The van der Waals surface area contributed by atoms with E-state index in [9.17, 15) is 14.4 Å². The summed E-state index contributed by atoms with van der Waals surface area (Å²) in [6.07, 6.45) is 5.02. The number of nitrogens with one attached hydrogen (secondary N) is 2. The number of benzene rings is 2. The van der Waals surface area contributed by atoms with Gasteiger partial charge in [0.15, 0.2) is 0 Å². The lowest BCUT2D eigenvalue weighted by atomic mass is 10.1. The van der Waals surface area contributed by atoms with Crippen LogP contribution in [0.25, 0.3) is 12.2 Å². The van der Waals surface area contributed by atoms with E-state index in [0.29, 0.717) is 17.7 Å². The summed E-state index contributed by atoms with van der Waals surface area (Å²) in [5.41, 5.74) is 1.04. The van der Waals surface area contributed by atoms with Gasteiger partial charge in [-0.15, -0.1) is 0 Å². The number of esters is 1. The molecular formula is C25H19N3O4. The van der Waals surface area contributed by atoms with Gasteiger partial charge in [-0.2, -0.15) is 0 Å². The van der Waals surface area contributed by atoms with Crippen LogP contribution in [-0.4, -0.2) is 20.9 Å². The van der Waals surface area contributed by atoms with E-state index in [1.165, 1.54) is 12.3 Å². The average Bonchev–Trinajstić information content (AvgIpc) is 2.83. The topological polar surface area (TPSA) is 105 Å². The second-order valence-corrected chi connectivity index (χ2v) is 6.95. The predicted molar refractivity (Wildman–Crippen MR) is 121 cm³/mol. The molecule has 0 atom stereocenters. The van der Waals surface area contributed by atoms with Gasteiger partial charge in [0.05, 0.1) is 17.5 Å². The Kier molecular flexibility index (Phi) is 6.17. The van der Waals surface area contributed by atoms with Crippen LogP contribution in [-0.2, 0) is 6.42 Å². The molecule has 0 saturated carbocycles. The first-order valence-electron chi connectivity index (χ1n) is 9.90. The molecule has 2 aromatic heterocycles. The molecule has 4 rings (SSSR count). The van der Waals surface area contributed by atoms with Crippen molar-refractivity contribution in [1.29, 1.82) is 0 Å². The molecule has 0 fully saturated rings. The predicted octanol–water partition coefficient (Wildman–Crippen LogP) is 1.53. The Hall–Kier alpha value is -4.52. The highest BCUT2D eigenvalue weighted by molar-refractivity contribution is 5.90. The molecule has 7 nitrogen and oxygen atoms in total. The molecule has 2 N–H and O–H groups in total. The molecule has 2 heterocycles. The first kappa shape index (κ1) is 20.7. The number of nitrogens with zero attached hydrogens (tertiary/aromatic N) is 1. The van der Waals surface area contributed by atoms with E-state index in [0.717, 1.165) is 5.56 Å². The lowest BCUT2D eigenvalue weighted by Crippen LogP contribution is -2.46. The zero-order valence-electron chi connectivity index (χ0n) is 16.9. The third-order valence-corrected chi connectivity index (χ3v) is 4.64. The maximum absolute atomic E-state index is 12.4. The second kappa shape index (κ2) is 9.53. The van der Waals surface area contributed by atoms with Gasteiger partial charge in [0, 0.05) is 0 Å². The van der Waals surface area contributed by atoms with E-state index in [4.69, 9.17) is 4.74 Å². The number of carbonyl (C=O) groups excluding carboxylic acids is 1. The number of carbonyl (C=O) groups is 1. The Morgan fingerprint density at radius 2 is 1.50 bits per heavy atom. The van der Waals surface area contributed by atoms with Crippen molar-refractivity contribution in [2.24, 2.45) is 0 Å². The van der Waals surface area contributed by atoms with Crippen LogP contribution in [0.2, 0.25) is 0 Å². The summed E-state index contributed by atoms with van der Waals surface area (Å²) in [6, 6.07) is 21.4. The van der Waals surface area contributed by atoms with Crippen LogP contribution in [0.15, 0.2) is 88.6 Å². The van der Waals surface area contributed by atoms with E-state index >= 15 is 0 Å². The van der Waals surface area contributed by atoms with Gasteiger partial charge in [-0.05, 0) is 42.3 Å². The zero-order chi connectivity index (χ0) is 22.3. The molecule has 0 bridgehead atoms. The highest BCUT2D eigenvalue weighted by atomic mass is 16.5. The van der Waals surface area contributed by atoms with Crippen molar-refractivity contribution in [3.8, 4) is 5.75 Å². The molecule has 7 heteroatoms. The van der Waals surface area contributed by atoms with Gasteiger partial charge in [0.2, 0.25) is 0 Å². The number of aromatic nitrogens is 3. The van der Waals surface area contributed by atoms with E-state index in [-0.39, 0.29) is 16.4 Å². The number of hydrogen-bond donors (Lipinski definition) is 2. The minimum absolute atomic E-state index is 0.0772. The van der Waals surface area contributed by atoms with E-state index in [1.54, 1.807) is 42.5 Å². The lowest BCUT2D eigenvalue weighted by Gasteiger charge is -2.03. The largest absolute Gasteiger partial charge is 0.421 e. The van der Waals surface area contributed by atoms with Gasteiger partial charge in [-0.3, -0.25) is 14.6 Å². The molecule has 0 aliphatic heterocycles. The summed E-state index contributed by atoms with van der Waals surface area (Å²) in [5.74, 6) is -0.225. The fourth-order valence-corrected chi connectivity index (χ4v) is 3.00. The monoisotopic (exact) mass is 425 g/mol.